The first-order chi connectivity index (χ1) is 19.9. The molecule has 0 saturated carbocycles. The number of nitriles is 1. The molecule has 2 aromatic heterocycles. The van der Waals surface area contributed by atoms with Gasteiger partial charge in [-0.25, -0.2) is 9.78 Å². The Morgan fingerprint density at radius 1 is 0.854 bits per heavy atom. The molecule has 0 unspecified atom stereocenters. The van der Waals surface area contributed by atoms with Crippen molar-refractivity contribution in [3.05, 3.63) is 125 Å². The van der Waals surface area contributed by atoms with E-state index in [0.29, 0.717) is 4.88 Å². The van der Waals surface area contributed by atoms with Gasteiger partial charge in [0.05, 0.1) is 11.0 Å². The van der Waals surface area contributed by atoms with E-state index in [1.165, 1.54) is 28.5 Å². The topological polar surface area (TPSA) is 78.9 Å². The molecule has 0 atom stereocenters. The second-order valence-electron chi connectivity index (χ2n) is 9.92. The van der Waals surface area contributed by atoms with Crippen LogP contribution in [0.25, 0.3) is 55.8 Å². The van der Waals surface area contributed by atoms with Gasteiger partial charge in [-0.1, -0.05) is 72.8 Å². The Morgan fingerprint density at radius 2 is 1.51 bits per heavy atom. The molecule has 6 rings (SSSR count). The number of carboxylic acid groups (broad SMARTS) is 1. The smallest absolute Gasteiger partial charge is 0.346 e. The Morgan fingerprint density at radius 3 is 2.20 bits per heavy atom. The average Bonchev–Trinajstić information content (AvgIpc) is 3.58. The zero-order valence-electron chi connectivity index (χ0n) is 22.5. The maximum atomic E-state index is 11.5. The van der Waals surface area contributed by atoms with Crippen LogP contribution in [-0.4, -0.2) is 20.6 Å². The van der Waals surface area contributed by atoms with Crippen molar-refractivity contribution in [2.45, 2.75) is 13.8 Å². The molecular weight excluding hydrogens is 526 g/mol. The van der Waals surface area contributed by atoms with Crippen LogP contribution in [0, 0.1) is 25.2 Å². The molecule has 0 spiro atoms. The van der Waals surface area contributed by atoms with Gasteiger partial charge in [0, 0.05) is 26.6 Å². The lowest BCUT2D eigenvalue weighted by molar-refractivity contribution is -0.132. The summed E-state index contributed by atoms with van der Waals surface area (Å²) < 4.78 is 2.21. The van der Waals surface area contributed by atoms with E-state index < -0.39 is 5.97 Å². The molecule has 6 aromatic rings. The zero-order valence-corrected chi connectivity index (χ0v) is 23.3. The highest BCUT2D eigenvalue weighted by Gasteiger charge is 2.17. The molecule has 0 radical (unpaired) electrons. The summed E-state index contributed by atoms with van der Waals surface area (Å²) in [6.07, 6.45) is 1.43. The van der Waals surface area contributed by atoms with Gasteiger partial charge in [-0.3, -0.25) is 4.57 Å². The van der Waals surface area contributed by atoms with Crippen molar-refractivity contribution < 1.29 is 9.90 Å². The number of aryl methyl sites for hydroxylation is 2. The fourth-order valence-corrected chi connectivity index (χ4v) is 6.27. The number of nitrogens with zero attached hydrogens (tertiary/aromatic N) is 3. The number of para-hydroxylation sites is 2. The summed E-state index contributed by atoms with van der Waals surface area (Å²) in [6, 6.07) is 36.7. The summed E-state index contributed by atoms with van der Waals surface area (Å²) >= 11 is 1.47. The molecular formula is C35H25N3O2S. The van der Waals surface area contributed by atoms with Gasteiger partial charge >= 0.3 is 5.97 Å². The van der Waals surface area contributed by atoms with E-state index in [0.717, 1.165) is 49.7 Å². The molecule has 4 aromatic carbocycles. The van der Waals surface area contributed by atoms with Gasteiger partial charge in [0.2, 0.25) is 0 Å². The summed E-state index contributed by atoms with van der Waals surface area (Å²) in [4.78, 5) is 18.2. The van der Waals surface area contributed by atoms with Crippen LogP contribution >= 0.6 is 11.3 Å². The summed E-state index contributed by atoms with van der Waals surface area (Å²) in [5.41, 5.74) is 9.13. The van der Waals surface area contributed by atoms with Crippen LogP contribution in [0.1, 0.15) is 16.0 Å². The van der Waals surface area contributed by atoms with Crippen molar-refractivity contribution >= 4 is 34.4 Å². The Labute approximate surface area is 241 Å². The van der Waals surface area contributed by atoms with Crippen molar-refractivity contribution in [3.63, 3.8) is 0 Å². The normalized spacial score (nSPS) is 11.5. The largest absolute Gasteiger partial charge is 0.477 e. The molecule has 5 nitrogen and oxygen atoms in total. The molecule has 0 aliphatic heterocycles. The monoisotopic (exact) mass is 551 g/mol. The first-order valence-corrected chi connectivity index (χ1v) is 13.9. The third-order valence-corrected chi connectivity index (χ3v) is 8.04. The minimum absolute atomic E-state index is 0.293. The van der Waals surface area contributed by atoms with Gasteiger partial charge in [0.1, 0.15) is 17.5 Å². The van der Waals surface area contributed by atoms with E-state index in [9.17, 15) is 15.2 Å². The second-order valence-corrected chi connectivity index (χ2v) is 11.0. The molecule has 1 N–H and O–H groups in total. The standard InChI is InChI=1S/C35H25N3O2S/c1-22-16-23(2)18-28(17-22)38-32-11-7-6-10-31(32)37-34(38)26-14-12-25(13-15-26)33-30(24-8-4-3-5-9-24)20-29(41-33)19-27(21-36)35(39)40/h3-20H,1-2H3,(H,39,40)/b27-19+. The summed E-state index contributed by atoms with van der Waals surface area (Å²) in [7, 11) is 0. The highest BCUT2D eigenvalue weighted by atomic mass is 32.1. The molecule has 41 heavy (non-hydrogen) atoms. The number of carboxylic acids is 1. The lowest BCUT2D eigenvalue weighted by Gasteiger charge is -2.12. The maximum Gasteiger partial charge on any atom is 0.346 e. The van der Waals surface area contributed by atoms with Gasteiger partial charge in [0.15, 0.2) is 0 Å². The van der Waals surface area contributed by atoms with Crippen LogP contribution in [0.5, 0.6) is 0 Å². The van der Waals surface area contributed by atoms with Crippen LogP contribution in [-0.2, 0) is 4.79 Å². The van der Waals surface area contributed by atoms with E-state index in [1.54, 1.807) is 6.07 Å². The van der Waals surface area contributed by atoms with E-state index in [2.05, 4.69) is 66.9 Å². The summed E-state index contributed by atoms with van der Waals surface area (Å²) in [6.45, 7) is 4.21. The number of aromatic nitrogens is 2. The van der Waals surface area contributed by atoms with E-state index in [-0.39, 0.29) is 5.57 Å². The van der Waals surface area contributed by atoms with Crippen LogP contribution < -0.4 is 0 Å². The van der Waals surface area contributed by atoms with Crippen molar-refractivity contribution in [3.8, 4) is 44.7 Å². The van der Waals surface area contributed by atoms with Crippen molar-refractivity contribution in [1.29, 1.82) is 5.26 Å². The number of thiophene rings is 1. The van der Waals surface area contributed by atoms with E-state index >= 15 is 0 Å². The first-order valence-electron chi connectivity index (χ1n) is 13.1. The van der Waals surface area contributed by atoms with Crippen LogP contribution in [0.4, 0.5) is 0 Å². The predicted octanol–water partition coefficient (Wildman–Crippen LogP) is 8.70. The van der Waals surface area contributed by atoms with Crippen molar-refractivity contribution in [1.82, 2.24) is 9.55 Å². The minimum atomic E-state index is -1.24. The SMILES string of the molecule is Cc1cc(C)cc(-n2c(-c3ccc(-c4sc(/C=C(\C#N)C(=O)O)cc4-c4ccccc4)cc3)nc3ccccc32)c1. The maximum absolute atomic E-state index is 11.5. The van der Waals surface area contributed by atoms with Gasteiger partial charge in [-0.2, -0.15) is 5.26 Å². The molecule has 0 bridgehead atoms. The van der Waals surface area contributed by atoms with Gasteiger partial charge in [0.25, 0.3) is 0 Å². The first kappa shape index (κ1) is 26.0. The van der Waals surface area contributed by atoms with E-state index in [4.69, 9.17) is 4.98 Å². The number of carbonyl (C=O) groups is 1. The molecule has 0 amide bonds. The van der Waals surface area contributed by atoms with Gasteiger partial charge in [-0.15, -0.1) is 11.3 Å². The van der Waals surface area contributed by atoms with Crippen molar-refractivity contribution in [2.24, 2.45) is 0 Å². The molecule has 0 aliphatic carbocycles. The van der Waals surface area contributed by atoms with Gasteiger partial charge in [-0.05, 0) is 72.5 Å². The Balaban J connectivity index is 1.48. The number of rotatable bonds is 6. The highest BCUT2D eigenvalue weighted by molar-refractivity contribution is 7.17. The molecule has 0 fully saturated rings. The number of aliphatic carboxylic acids is 1. The molecule has 0 saturated heterocycles. The number of imidazole rings is 1. The number of hydrogen-bond acceptors (Lipinski definition) is 4. The van der Waals surface area contributed by atoms with Crippen LogP contribution in [0.3, 0.4) is 0 Å². The zero-order chi connectivity index (χ0) is 28.5. The molecule has 6 heteroatoms. The Hall–Kier alpha value is -5.25. The van der Waals surface area contributed by atoms with Crippen LogP contribution in [0.15, 0.2) is 109 Å². The Kier molecular flexibility index (Phi) is 6.80. The number of benzene rings is 4. The fraction of sp³-hybridized carbons (Fsp3) is 0.0571. The fourth-order valence-electron chi connectivity index (χ4n) is 5.14. The molecule has 198 valence electrons. The summed E-state index contributed by atoms with van der Waals surface area (Å²) in [5.74, 6) is -0.374. The third kappa shape index (κ3) is 5.07. The number of fused-ring (bicyclic) bond motifs is 1. The lowest BCUT2D eigenvalue weighted by atomic mass is 10.0. The third-order valence-electron chi connectivity index (χ3n) is 6.90. The molecule has 0 aliphatic rings. The quantitative estimate of drug-likeness (QED) is 0.166. The Bertz CT molecular complexity index is 1970. The summed E-state index contributed by atoms with van der Waals surface area (Å²) in [5, 5.41) is 18.7. The lowest BCUT2D eigenvalue weighted by Crippen LogP contribution is -1.99. The van der Waals surface area contributed by atoms with Gasteiger partial charge < -0.3 is 5.11 Å². The van der Waals surface area contributed by atoms with Crippen LogP contribution in [0.2, 0.25) is 0 Å². The highest BCUT2D eigenvalue weighted by Crippen LogP contribution is 2.41. The second kappa shape index (κ2) is 10.7. The number of hydrogen-bond donors (Lipinski definition) is 1. The minimum Gasteiger partial charge on any atom is -0.477 e. The molecule has 2 heterocycles. The average molecular weight is 552 g/mol. The van der Waals surface area contributed by atoms with E-state index in [1.807, 2.05) is 54.6 Å². The van der Waals surface area contributed by atoms with Crippen molar-refractivity contribution in [2.75, 3.05) is 0 Å². The predicted molar refractivity (Wildman–Crippen MR) is 166 cm³/mol.